The van der Waals surface area contributed by atoms with E-state index in [-0.39, 0.29) is 6.04 Å². The van der Waals surface area contributed by atoms with Crippen LogP contribution in [-0.2, 0) is 0 Å². The molecule has 0 saturated carbocycles. The molecule has 108 valence electrons. The SMILES string of the molecule is COc1cnn(C(C)C)c1C(NN)c1cncc(F)c1. The Morgan fingerprint density at radius 1 is 1.35 bits per heavy atom. The van der Waals surface area contributed by atoms with Gasteiger partial charge in [-0.05, 0) is 25.5 Å². The first-order valence-corrected chi connectivity index (χ1v) is 6.26. The number of nitrogens with zero attached hydrogens (tertiary/aromatic N) is 3. The van der Waals surface area contributed by atoms with E-state index < -0.39 is 11.9 Å². The quantitative estimate of drug-likeness (QED) is 0.641. The molecule has 0 amide bonds. The minimum absolute atomic E-state index is 0.117. The van der Waals surface area contributed by atoms with Crippen molar-refractivity contribution in [3.05, 3.63) is 41.7 Å². The molecule has 7 heteroatoms. The van der Waals surface area contributed by atoms with Gasteiger partial charge in [-0.15, -0.1) is 0 Å². The highest BCUT2D eigenvalue weighted by molar-refractivity contribution is 5.35. The van der Waals surface area contributed by atoms with Gasteiger partial charge in [0.05, 0.1) is 25.5 Å². The van der Waals surface area contributed by atoms with Crippen molar-refractivity contribution in [2.45, 2.75) is 25.9 Å². The molecule has 6 nitrogen and oxygen atoms in total. The highest BCUT2D eigenvalue weighted by Gasteiger charge is 2.24. The molecule has 0 aromatic carbocycles. The van der Waals surface area contributed by atoms with Crippen LogP contribution in [-0.4, -0.2) is 21.9 Å². The molecule has 3 N–H and O–H groups in total. The Bertz CT molecular complexity index is 584. The maximum Gasteiger partial charge on any atom is 0.161 e. The zero-order valence-corrected chi connectivity index (χ0v) is 11.7. The predicted octanol–water partition coefficient (Wildman–Crippen LogP) is 1.56. The van der Waals surface area contributed by atoms with Gasteiger partial charge in [-0.1, -0.05) is 0 Å². The smallest absolute Gasteiger partial charge is 0.161 e. The van der Waals surface area contributed by atoms with Crippen LogP contribution in [0.25, 0.3) is 0 Å². The number of hydrogen-bond donors (Lipinski definition) is 2. The zero-order valence-electron chi connectivity index (χ0n) is 11.7. The lowest BCUT2D eigenvalue weighted by Crippen LogP contribution is -2.31. The van der Waals surface area contributed by atoms with Crippen LogP contribution in [0.1, 0.15) is 37.2 Å². The molecule has 0 bridgehead atoms. The summed E-state index contributed by atoms with van der Waals surface area (Å²) in [5, 5.41) is 4.29. The van der Waals surface area contributed by atoms with Gasteiger partial charge in [0.25, 0.3) is 0 Å². The van der Waals surface area contributed by atoms with Gasteiger partial charge in [-0.25, -0.2) is 9.82 Å². The van der Waals surface area contributed by atoms with Gasteiger partial charge in [0, 0.05) is 12.2 Å². The van der Waals surface area contributed by atoms with E-state index in [1.54, 1.807) is 24.2 Å². The largest absolute Gasteiger partial charge is 0.493 e. The summed E-state index contributed by atoms with van der Waals surface area (Å²) >= 11 is 0. The van der Waals surface area contributed by atoms with Crippen molar-refractivity contribution in [1.29, 1.82) is 0 Å². The molecule has 0 spiro atoms. The average Bonchev–Trinajstić information content (AvgIpc) is 2.84. The topological polar surface area (TPSA) is 78.0 Å². The fourth-order valence-electron chi connectivity index (χ4n) is 2.12. The van der Waals surface area contributed by atoms with Crippen LogP contribution in [0.5, 0.6) is 5.75 Å². The number of halogens is 1. The molecule has 2 aromatic rings. The number of ether oxygens (including phenoxy) is 1. The average molecular weight is 279 g/mol. The molecular formula is C13H18FN5O. The minimum Gasteiger partial charge on any atom is -0.493 e. The lowest BCUT2D eigenvalue weighted by molar-refractivity contribution is 0.394. The Morgan fingerprint density at radius 2 is 2.10 bits per heavy atom. The molecule has 0 radical (unpaired) electrons. The molecule has 0 saturated heterocycles. The third kappa shape index (κ3) is 2.63. The molecule has 2 aromatic heterocycles. The zero-order chi connectivity index (χ0) is 14.7. The molecule has 2 rings (SSSR count). The fraction of sp³-hybridized carbons (Fsp3) is 0.385. The van der Waals surface area contributed by atoms with Crippen LogP contribution in [0.15, 0.2) is 24.7 Å². The lowest BCUT2D eigenvalue weighted by atomic mass is 10.1. The molecule has 0 aliphatic heterocycles. The molecule has 1 atom stereocenters. The molecule has 0 fully saturated rings. The van der Waals surface area contributed by atoms with Crippen molar-refractivity contribution in [3.63, 3.8) is 0 Å². The first kappa shape index (κ1) is 14.4. The van der Waals surface area contributed by atoms with Gasteiger partial charge >= 0.3 is 0 Å². The summed E-state index contributed by atoms with van der Waals surface area (Å²) in [6, 6.07) is 1.04. The molecule has 2 heterocycles. The molecule has 0 aliphatic rings. The third-order valence-corrected chi connectivity index (χ3v) is 3.01. The molecular weight excluding hydrogens is 261 g/mol. The predicted molar refractivity (Wildman–Crippen MR) is 72.5 cm³/mol. The van der Waals surface area contributed by atoms with E-state index in [0.717, 1.165) is 11.9 Å². The normalized spacial score (nSPS) is 12.7. The van der Waals surface area contributed by atoms with Gasteiger partial charge < -0.3 is 4.74 Å². The molecule has 20 heavy (non-hydrogen) atoms. The van der Waals surface area contributed by atoms with Gasteiger partial charge in [0.15, 0.2) is 5.75 Å². The van der Waals surface area contributed by atoms with Crippen LogP contribution in [0.4, 0.5) is 4.39 Å². The van der Waals surface area contributed by atoms with Gasteiger partial charge in [-0.2, -0.15) is 5.10 Å². The van der Waals surface area contributed by atoms with Crippen LogP contribution in [0, 0.1) is 5.82 Å². The Balaban J connectivity index is 2.54. The van der Waals surface area contributed by atoms with Crippen molar-refractivity contribution in [3.8, 4) is 5.75 Å². The lowest BCUT2D eigenvalue weighted by Gasteiger charge is -2.20. The highest BCUT2D eigenvalue weighted by atomic mass is 19.1. The second-order valence-corrected chi connectivity index (χ2v) is 4.67. The van der Waals surface area contributed by atoms with Crippen molar-refractivity contribution in [2.75, 3.05) is 7.11 Å². The molecule has 0 aliphatic carbocycles. The number of aromatic nitrogens is 3. The van der Waals surface area contributed by atoms with E-state index >= 15 is 0 Å². The Labute approximate surface area is 116 Å². The van der Waals surface area contributed by atoms with Crippen LogP contribution in [0.3, 0.4) is 0 Å². The third-order valence-electron chi connectivity index (χ3n) is 3.01. The summed E-state index contributed by atoms with van der Waals surface area (Å²) in [5.41, 5.74) is 4.01. The Morgan fingerprint density at radius 3 is 2.65 bits per heavy atom. The second kappa shape index (κ2) is 5.98. The number of nitrogens with one attached hydrogen (secondary N) is 1. The van der Waals surface area contributed by atoms with Gasteiger partial charge in [0.1, 0.15) is 11.5 Å². The summed E-state index contributed by atoms with van der Waals surface area (Å²) in [6.07, 6.45) is 4.32. The fourth-order valence-corrected chi connectivity index (χ4v) is 2.12. The number of rotatable bonds is 5. The van der Waals surface area contributed by atoms with Crippen molar-refractivity contribution in [1.82, 2.24) is 20.2 Å². The summed E-state index contributed by atoms with van der Waals surface area (Å²) in [4.78, 5) is 3.85. The van der Waals surface area contributed by atoms with E-state index in [2.05, 4.69) is 15.5 Å². The van der Waals surface area contributed by atoms with E-state index in [1.807, 2.05) is 13.8 Å². The van der Waals surface area contributed by atoms with Crippen molar-refractivity contribution in [2.24, 2.45) is 5.84 Å². The number of hydrogen-bond acceptors (Lipinski definition) is 5. The van der Waals surface area contributed by atoms with E-state index in [9.17, 15) is 4.39 Å². The summed E-state index contributed by atoms with van der Waals surface area (Å²) in [5.74, 6) is 5.81. The monoisotopic (exact) mass is 279 g/mol. The number of hydrazine groups is 1. The maximum atomic E-state index is 13.4. The first-order valence-electron chi connectivity index (χ1n) is 6.26. The Kier molecular flexibility index (Phi) is 4.31. The van der Waals surface area contributed by atoms with E-state index in [1.165, 1.54) is 6.07 Å². The van der Waals surface area contributed by atoms with E-state index in [4.69, 9.17) is 10.6 Å². The van der Waals surface area contributed by atoms with Crippen molar-refractivity contribution < 1.29 is 9.13 Å². The van der Waals surface area contributed by atoms with Crippen LogP contribution >= 0.6 is 0 Å². The number of nitrogens with two attached hydrogens (primary N) is 1. The van der Waals surface area contributed by atoms with Crippen LogP contribution in [0.2, 0.25) is 0 Å². The molecule has 1 unspecified atom stereocenters. The second-order valence-electron chi connectivity index (χ2n) is 4.67. The highest BCUT2D eigenvalue weighted by Crippen LogP contribution is 2.31. The van der Waals surface area contributed by atoms with Gasteiger partial charge in [0.2, 0.25) is 0 Å². The van der Waals surface area contributed by atoms with Gasteiger partial charge in [-0.3, -0.25) is 15.5 Å². The summed E-state index contributed by atoms with van der Waals surface area (Å²) in [6.45, 7) is 3.99. The standard InChI is InChI=1S/C13H18FN5O/c1-8(2)19-13(11(20-3)7-17-19)12(18-15)9-4-10(14)6-16-5-9/h4-8,12,18H,15H2,1-3H3. The number of methoxy groups -OCH3 is 1. The van der Waals surface area contributed by atoms with Crippen LogP contribution < -0.4 is 16.0 Å². The Hall–Kier alpha value is -1.99. The first-order chi connectivity index (χ1) is 9.58. The maximum absolute atomic E-state index is 13.4. The number of pyridine rings is 1. The summed E-state index contributed by atoms with van der Waals surface area (Å²) in [7, 11) is 1.56. The van der Waals surface area contributed by atoms with Crippen molar-refractivity contribution >= 4 is 0 Å². The summed E-state index contributed by atoms with van der Waals surface area (Å²) < 4.78 is 20.5. The van der Waals surface area contributed by atoms with E-state index in [0.29, 0.717) is 11.3 Å². The minimum atomic E-state index is -0.460.